The third kappa shape index (κ3) is 2.33. The van der Waals surface area contributed by atoms with E-state index in [-0.39, 0.29) is 5.91 Å². The molecular weight excluding hydrogens is 188 g/mol. The zero-order valence-electron chi connectivity index (χ0n) is 9.61. The van der Waals surface area contributed by atoms with E-state index in [1.807, 2.05) is 11.9 Å². The standard InChI is InChI=1S/C12H22N2O/c1-14(12(15)4-5-13)8-11-7-9-2-3-10(11)6-9/h9-11H,2-8,13H2,1H3. The molecule has 3 atom stereocenters. The van der Waals surface area contributed by atoms with Crippen LogP contribution < -0.4 is 5.73 Å². The lowest BCUT2D eigenvalue weighted by Gasteiger charge is -2.27. The van der Waals surface area contributed by atoms with E-state index in [9.17, 15) is 4.79 Å². The van der Waals surface area contributed by atoms with Crippen LogP contribution in [0.25, 0.3) is 0 Å². The van der Waals surface area contributed by atoms with Crippen molar-refractivity contribution in [3.63, 3.8) is 0 Å². The van der Waals surface area contributed by atoms with Gasteiger partial charge in [0.05, 0.1) is 0 Å². The Kier molecular flexibility index (Phi) is 3.29. The number of hydrogen-bond acceptors (Lipinski definition) is 2. The summed E-state index contributed by atoms with van der Waals surface area (Å²) in [4.78, 5) is 13.5. The molecule has 0 aromatic rings. The fourth-order valence-electron chi connectivity index (χ4n) is 3.37. The van der Waals surface area contributed by atoms with Gasteiger partial charge in [-0.1, -0.05) is 6.42 Å². The normalized spacial score (nSPS) is 33.3. The van der Waals surface area contributed by atoms with E-state index in [0.717, 1.165) is 24.3 Å². The van der Waals surface area contributed by atoms with Gasteiger partial charge in [-0.15, -0.1) is 0 Å². The Morgan fingerprint density at radius 3 is 2.73 bits per heavy atom. The first kappa shape index (κ1) is 10.9. The van der Waals surface area contributed by atoms with E-state index in [2.05, 4.69) is 0 Å². The van der Waals surface area contributed by atoms with Crippen LogP contribution in [0.2, 0.25) is 0 Å². The summed E-state index contributed by atoms with van der Waals surface area (Å²) in [5, 5.41) is 0. The molecule has 3 unspecified atom stereocenters. The number of carbonyl (C=O) groups excluding carboxylic acids is 1. The van der Waals surface area contributed by atoms with Gasteiger partial charge in [0.1, 0.15) is 0 Å². The molecule has 0 aliphatic heterocycles. The summed E-state index contributed by atoms with van der Waals surface area (Å²) in [5.41, 5.74) is 5.39. The molecule has 3 nitrogen and oxygen atoms in total. The highest BCUT2D eigenvalue weighted by Gasteiger charge is 2.39. The third-order valence-corrected chi connectivity index (χ3v) is 4.18. The van der Waals surface area contributed by atoms with Crippen LogP contribution in [0.3, 0.4) is 0 Å². The Morgan fingerprint density at radius 1 is 1.40 bits per heavy atom. The summed E-state index contributed by atoms with van der Waals surface area (Å²) in [6.07, 6.45) is 6.10. The molecule has 0 aromatic heterocycles. The monoisotopic (exact) mass is 210 g/mol. The number of rotatable bonds is 4. The van der Waals surface area contributed by atoms with Crippen molar-refractivity contribution in [2.45, 2.75) is 32.1 Å². The highest BCUT2D eigenvalue weighted by Crippen LogP contribution is 2.48. The molecule has 1 amide bonds. The lowest BCUT2D eigenvalue weighted by Crippen LogP contribution is -2.34. The largest absolute Gasteiger partial charge is 0.345 e. The smallest absolute Gasteiger partial charge is 0.223 e. The zero-order chi connectivity index (χ0) is 10.8. The SMILES string of the molecule is CN(CC1CC2CCC1C2)C(=O)CCN. The van der Waals surface area contributed by atoms with Crippen molar-refractivity contribution in [2.75, 3.05) is 20.1 Å². The van der Waals surface area contributed by atoms with E-state index in [1.165, 1.54) is 25.7 Å². The summed E-state index contributed by atoms with van der Waals surface area (Å²) >= 11 is 0. The topological polar surface area (TPSA) is 46.3 Å². The predicted molar refractivity (Wildman–Crippen MR) is 60.2 cm³/mol. The molecule has 2 N–H and O–H groups in total. The van der Waals surface area contributed by atoms with Gasteiger partial charge in [0, 0.05) is 26.6 Å². The minimum Gasteiger partial charge on any atom is -0.345 e. The maximum absolute atomic E-state index is 11.6. The van der Waals surface area contributed by atoms with Crippen molar-refractivity contribution < 1.29 is 4.79 Å². The lowest BCUT2D eigenvalue weighted by atomic mass is 9.88. The van der Waals surface area contributed by atoms with Gasteiger partial charge in [0.25, 0.3) is 0 Å². The second-order valence-electron chi connectivity index (χ2n) is 5.25. The van der Waals surface area contributed by atoms with E-state index in [1.54, 1.807) is 0 Å². The molecular formula is C12H22N2O. The van der Waals surface area contributed by atoms with Crippen LogP contribution in [0, 0.1) is 17.8 Å². The quantitative estimate of drug-likeness (QED) is 0.758. The van der Waals surface area contributed by atoms with E-state index in [0.29, 0.717) is 13.0 Å². The van der Waals surface area contributed by atoms with Crippen LogP contribution in [-0.2, 0) is 4.79 Å². The van der Waals surface area contributed by atoms with Gasteiger partial charge in [0.15, 0.2) is 0 Å². The Labute approximate surface area is 92.0 Å². The molecule has 15 heavy (non-hydrogen) atoms. The van der Waals surface area contributed by atoms with Crippen LogP contribution in [0.1, 0.15) is 32.1 Å². The van der Waals surface area contributed by atoms with Crippen LogP contribution in [-0.4, -0.2) is 30.9 Å². The number of nitrogens with two attached hydrogens (primary N) is 1. The van der Waals surface area contributed by atoms with Gasteiger partial charge in [-0.25, -0.2) is 0 Å². The highest BCUT2D eigenvalue weighted by molar-refractivity contribution is 5.76. The Hall–Kier alpha value is -0.570. The first-order chi connectivity index (χ1) is 7.20. The highest BCUT2D eigenvalue weighted by atomic mass is 16.2. The van der Waals surface area contributed by atoms with E-state index >= 15 is 0 Å². The van der Waals surface area contributed by atoms with Crippen LogP contribution in [0.15, 0.2) is 0 Å². The molecule has 2 aliphatic rings. The molecule has 0 aromatic carbocycles. The molecule has 2 aliphatic carbocycles. The number of carbonyl (C=O) groups is 1. The fourth-order valence-corrected chi connectivity index (χ4v) is 3.37. The first-order valence-corrected chi connectivity index (χ1v) is 6.14. The van der Waals surface area contributed by atoms with Gasteiger partial charge >= 0.3 is 0 Å². The van der Waals surface area contributed by atoms with Crippen molar-refractivity contribution in [1.82, 2.24) is 4.90 Å². The van der Waals surface area contributed by atoms with Crippen LogP contribution in [0.4, 0.5) is 0 Å². The molecule has 0 radical (unpaired) electrons. The molecule has 2 fully saturated rings. The third-order valence-electron chi connectivity index (χ3n) is 4.18. The van der Waals surface area contributed by atoms with Crippen molar-refractivity contribution >= 4 is 5.91 Å². The molecule has 2 saturated carbocycles. The first-order valence-electron chi connectivity index (χ1n) is 6.14. The molecule has 0 saturated heterocycles. The maximum atomic E-state index is 11.6. The number of nitrogens with zero attached hydrogens (tertiary/aromatic N) is 1. The Balaban J connectivity index is 1.79. The summed E-state index contributed by atoms with van der Waals surface area (Å²) < 4.78 is 0. The van der Waals surface area contributed by atoms with Crippen LogP contribution in [0.5, 0.6) is 0 Å². The van der Waals surface area contributed by atoms with Gasteiger partial charge in [-0.2, -0.15) is 0 Å². The molecule has 2 bridgehead atoms. The average molecular weight is 210 g/mol. The summed E-state index contributed by atoms with van der Waals surface area (Å²) in [7, 11) is 1.92. The number of fused-ring (bicyclic) bond motifs is 2. The molecule has 0 spiro atoms. The average Bonchev–Trinajstić information content (AvgIpc) is 2.79. The van der Waals surface area contributed by atoms with Gasteiger partial charge < -0.3 is 10.6 Å². The predicted octanol–water partition coefficient (Wildman–Crippen LogP) is 1.23. The van der Waals surface area contributed by atoms with Gasteiger partial charge in [-0.05, 0) is 37.0 Å². The minimum atomic E-state index is 0.209. The van der Waals surface area contributed by atoms with Crippen molar-refractivity contribution in [2.24, 2.45) is 23.5 Å². The van der Waals surface area contributed by atoms with Gasteiger partial charge in [0.2, 0.25) is 5.91 Å². The number of amides is 1. The lowest BCUT2D eigenvalue weighted by molar-refractivity contribution is -0.130. The molecule has 86 valence electrons. The fraction of sp³-hybridized carbons (Fsp3) is 0.917. The molecule has 0 heterocycles. The summed E-state index contributed by atoms with van der Waals surface area (Å²) in [6.45, 7) is 1.43. The molecule has 2 rings (SSSR count). The van der Waals surface area contributed by atoms with Crippen molar-refractivity contribution in [3.05, 3.63) is 0 Å². The minimum absolute atomic E-state index is 0.209. The van der Waals surface area contributed by atoms with Crippen LogP contribution >= 0.6 is 0 Å². The molecule has 3 heteroatoms. The summed E-state index contributed by atoms with van der Waals surface area (Å²) in [5.74, 6) is 2.86. The van der Waals surface area contributed by atoms with E-state index < -0.39 is 0 Å². The zero-order valence-corrected chi connectivity index (χ0v) is 9.61. The second-order valence-corrected chi connectivity index (χ2v) is 5.25. The Bertz CT molecular complexity index is 242. The maximum Gasteiger partial charge on any atom is 0.223 e. The second kappa shape index (κ2) is 4.52. The van der Waals surface area contributed by atoms with Crippen molar-refractivity contribution in [3.8, 4) is 0 Å². The van der Waals surface area contributed by atoms with Gasteiger partial charge in [-0.3, -0.25) is 4.79 Å². The number of hydrogen-bond donors (Lipinski definition) is 1. The van der Waals surface area contributed by atoms with E-state index in [4.69, 9.17) is 5.73 Å². The Morgan fingerprint density at radius 2 is 2.20 bits per heavy atom. The summed E-state index contributed by atoms with van der Waals surface area (Å²) in [6, 6.07) is 0. The van der Waals surface area contributed by atoms with Crippen molar-refractivity contribution in [1.29, 1.82) is 0 Å².